The first-order valence-corrected chi connectivity index (χ1v) is 7.47. The molecule has 1 amide bonds. The molecule has 1 N–H and O–H groups in total. The lowest BCUT2D eigenvalue weighted by atomic mass is 10.1. The van der Waals surface area contributed by atoms with Crippen LogP contribution in [0, 0.1) is 0 Å². The first kappa shape index (κ1) is 16.2. The van der Waals surface area contributed by atoms with Gasteiger partial charge in [0.2, 0.25) is 5.91 Å². The average Bonchev–Trinajstić information content (AvgIpc) is 2.52. The zero-order chi connectivity index (χ0) is 15.8. The van der Waals surface area contributed by atoms with Gasteiger partial charge >= 0.3 is 5.97 Å². The summed E-state index contributed by atoms with van der Waals surface area (Å²) in [6.45, 7) is 1.25. The fourth-order valence-electron chi connectivity index (χ4n) is 2.49. The van der Waals surface area contributed by atoms with E-state index in [4.69, 9.17) is 9.84 Å². The minimum Gasteiger partial charge on any atom is -0.481 e. The molecule has 1 fully saturated rings. The van der Waals surface area contributed by atoms with Crippen LogP contribution >= 0.6 is 0 Å². The molecular formula is C17H21NO4. The van der Waals surface area contributed by atoms with E-state index in [0.717, 1.165) is 5.56 Å². The molecule has 1 heterocycles. The Kier molecular flexibility index (Phi) is 6.15. The van der Waals surface area contributed by atoms with Crippen molar-refractivity contribution in [3.8, 4) is 0 Å². The summed E-state index contributed by atoms with van der Waals surface area (Å²) in [7, 11) is 0. The van der Waals surface area contributed by atoms with Crippen molar-refractivity contribution in [1.82, 2.24) is 4.90 Å². The quantitative estimate of drug-likeness (QED) is 0.874. The van der Waals surface area contributed by atoms with Gasteiger partial charge in [-0.3, -0.25) is 9.59 Å². The Hall–Kier alpha value is -2.14. The minimum absolute atomic E-state index is 0.00717. The van der Waals surface area contributed by atoms with Crippen LogP contribution in [-0.4, -0.2) is 47.7 Å². The minimum atomic E-state index is -0.905. The number of ether oxygens (including phenoxy) is 1. The summed E-state index contributed by atoms with van der Waals surface area (Å²) in [5, 5.41) is 8.90. The smallest absolute Gasteiger partial charge is 0.305 e. The van der Waals surface area contributed by atoms with E-state index in [1.807, 2.05) is 42.5 Å². The van der Waals surface area contributed by atoms with Gasteiger partial charge in [-0.15, -0.1) is 0 Å². The van der Waals surface area contributed by atoms with Crippen molar-refractivity contribution in [2.24, 2.45) is 0 Å². The van der Waals surface area contributed by atoms with Gasteiger partial charge < -0.3 is 14.7 Å². The fraction of sp³-hybridized carbons (Fsp3) is 0.412. The Morgan fingerprint density at radius 2 is 2.09 bits per heavy atom. The number of nitrogens with zero attached hydrogens (tertiary/aromatic N) is 1. The third kappa shape index (κ3) is 5.00. The molecule has 0 radical (unpaired) electrons. The van der Waals surface area contributed by atoms with Crippen LogP contribution in [0.2, 0.25) is 0 Å². The SMILES string of the molecule is O=C(O)CC1COCCN1C(=O)CC/C=C/c1ccccc1. The van der Waals surface area contributed by atoms with Crippen molar-refractivity contribution in [3.63, 3.8) is 0 Å². The zero-order valence-electron chi connectivity index (χ0n) is 12.5. The largest absolute Gasteiger partial charge is 0.481 e. The van der Waals surface area contributed by atoms with Crippen molar-refractivity contribution < 1.29 is 19.4 Å². The number of carbonyl (C=O) groups is 2. The Morgan fingerprint density at radius 1 is 1.32 bits per heavy atom. The fourth-order valence-corrected chi connectivity index (χ4v) is 2.49. The molecule has 1 aromatic rings. The van der Waals surface area contributed by atoms with Crippen molar-refractivity contribution >= 4 is 18.0 Å². The van der Waals surface area contributed by atoms with Crippen LogP contribution in [0.3, 0.4) is 0 Å². The monoisotopic (exact) mass is 303 g/mol. The van der Waals surface area contributed by atoms with E-state index in [2.05, 4.69) is 0 Å². The highest BCUT2D eigenvalue weighted by atomic mass is 16.5. The normalized spacial score (nSPS) is 18.5. The first-order valence-electron chi connectivity index (χ1n) is 7.47. The van der Waals surface area contributed by atoms with E-state index in [0.29, 0.717) is 32.6 Å². The van der Waals surface area contributed by atoms with Gasteiger partial charge in [0.25, 0.3) is 0 Å². The second-order valence-electron chi connectivity index (χ2n) is 5.27. The van der Waals surface area contributed by atoms with Gasteiger partial charge in [-0.2, -0.15) is 0 Å². The van der Waals surface area contributed by atoms with Crippen molar-refractivity contribution in [1.29, 1.82) is 0 Å². The van der Waals surface area contributed by atoms with Crippen LogP contribution in [-0.2, 0) is 14.3 Å². The standard InChI is InChI=1S/C17H21NO4/c19-16(9-5-4-8-14-6-2-1-3-7-14)18-10-11-22-13-15(18)12-17(20)21/h1-4,6-8,15H,5,9-13H2,(H,20,21)/b8-4+. The van der Waals surface area contributed by atoms with Crippen LogP contribution < -0.4 is 0 Å². The number of morpholine rings is 1. The van der Waals surface area contributed by atoms with E-state index in [1.54, 1.807) is 4.90 Å². The highest BCUT2D eigenvalue weighted by Gasteiger charge is 2.28. The predicted octanol–water partition coefficient (Wildman–Crippen LogP) is 2.18. The highest BCUT2D eigenvalue weighted by molar-refractivity contribution is 5.78. The van der Waals surface area contributed by atoms with Gasteiger partial charge in [0, 0.05) is 13.0 Å². The number of aliphatic carboxylic acids is 1. The van der Waals surface area contributed by atoms with Crippen LogP contribution in [0.1, 0.15) is 24.8 Å². The Labute approximate surface area is 130 Å². The molecule has 118 valence electrons. The number of allylic oxidation sites excluding steroid dienone is 1. The van der Waals surface area contributed by atoms with Gasteiger partial charge in [0.15, 0.2) is 0 Å². The molecule has 5 heteroatoms. The van der Waals surface area contributed by atoms with Crippen LogP contribution in [0.15, 0.2) is 36.4 Å². The molecule has 0 aromatic heterocycles. The molecule has 0 aliphatic carbocycles. The number of benzene rings is 1. The summed E-state index contributed by atoms with van der Waals surface area (Å²) in [6, 6.07) is 9.55. The lowest BCUT2D eigenvalue weighted by molar-refractivity contribution is -0.146. The Balaban J connectivity index is 1.82. The Morgan fingerprint density at radius 3 is 2.82 bits per heavy atom. The second-order valence-corrected chi connectivity index (χ2v) is 5.27. The first-order chi connectivity index (χ1) is 10.7. The topological polar surface area (TPSA) is 66.8 Å². The summed E-state index contributed by atoms with van der Waals surface area (Å²) in [5.74, 6) is -0.912. The molecule has 0 saturated carbocycles. The molecule has 1 aromatic carbocycles. The number of carboxylic acids is 1. The molecule has 1 aliphatic rings. The summed E-state index contributed by atoms with van der Waals surface area (Å²) in [6.07, 6.45) is 4.93. The summed E-state index contributed by atoms with van der Waals surface area (Å²) in [5.41, 5.74) is 1.10. The van der Waals surface area contributed by atoms with Crippen molar-refractivity contribution in [2.45, 2.75) is 25.3 Å². The number of carbonyl (C=O) groups excluding carboxylic acids is 1. The molecule has 0 spiro atoms. The zero-order valence-corrected chi connectivity index (χ0v) is 12.5. The van der Waals surface area contributed by atoms with E-state index in [9.17, 15) is 9.59 Å². The van der Waals surface area contributed by atoms with E-state index in [1.165, 1.54) is 0 Å². The van der Waals surface area contributed by atoms with Gasteiger partial charge in [-0.25, -0.2) is 0 Å². The number of hydrogen-bond acceptors (Lipinski definition) is 3. The lowest BCUT2D eigenvalue weighted by Gasteiger charge is -2.34. The third-order valence-electron chi connectivity index (χ3n) is 3.59. The van der Waals surface area contributed by atoms with Crippen LogP contribution in [0.4, 0.5) is 0 Å². The molecule has 0 bridgehead atoms. The maximum absolute atomic E-state index is 12.2. The number of hydrogen-bond donors (Lipinski definition) is 1. The van der Waals surface area contributed by atoms with Gasteiger partial charge in [-0.1, -0.05) is 42.5 Å². The molecule has 2 rings (SSSR count). The van der Waals surface area contributed by atoms with E-state index in [-0.39, 0.29) is 18.4 Å². The van der Waals surface area contributed by atoms with Crippen LogP contribution in [0.25, 0.3) is 6.08 Å². The average molecular weight is 303 g/mol. The lowest BCUT2D eigenvalue weighted by Crippen LogP contribution is -2.49. The van der Waals surface area contributed by atoms with Gasteiger partial charge in [0.1, 0.15) is 0 Å². The van der Waals surface area contributed by atoms with Crippen LogP contribution in [0.5, 0.6) is 0 Å². The molecule has 1 unspecified atom stereocenters. The molecule has 1 saturated heterocycles. The molecular weight excluding hydrogens is 282 g/mol. The van der Waals surface area contributed by atoms with Crippen molar-refractivity contribution in [2.75, 3.05) is 19.8 Å². The molecule has 5 nitrogen and oxygen atoms in total. The highest BCUT2D eigenvalue weighted by Crippen LogP contribution is 2.13. The third-order valence-corrected chi connectivity index (χ3v) is 3.59. The van der Waals surface area contributed by atoms with E-state index >= 15 is 0 Å². The Bertz CT molecular complexity index is 527. The second kappa shape index (κ2) is 8.34. The summed E-state index contributed by atoms with van der Waals surface area (Å²) >= 11 is 0. The predicted molar refractivity (Wildman–Crippen MR) is 83.3 cm³/mol. The number of amides is 1. The summed E-state index contributed by atoms with van der Waals surface area (Å²) < 4.78 is 5.28. The number of carboxylic acid groups (broad SMARTS) is 1. The molecule has 1 atom stereocenters. The van der Waals surface area contributed by atoms with Crippen molar-refractivity contribution in [3.05, 3.63) is 42.0 Å². The maximum Gasteiger partial charge on any atom is 0.305 e. The summed E-state index contributed by atoms with van der Waals surface area (Å²) in [4.78, 5) is 24.7. The number of rotatable bonds is 6. The maximum atomic E-state index is 12.2. The van der Waals surface area contributed by atoms with E-state index < -0.39 is 5.97 Å². The van der Waals surface area contributed by atoms with Gasteiger partial charge in [0.05, 0.1) is 25.7 Å². The molecule has 22 heavy (non-hydrogen) atoms. The van der Waals surface area contributed by atoms with Gasteiger partial charge in [-0.05, 0) is 12.0 Å². The molecule has 1 aliphatic heterocycles.